The number of rotatable bonds is 9. The number of hydrogen-bond acceptors (Lipinski definition) is 5. The maximum absolute atomic E-state index is 10.1. The second kappa shape index (κ2) is 10.2. The van der Waals surface area contributed by atoms with Crippen molar-refractivity contribution in [2.75, 3.05) is 11.9 Å². The number of nitrogens with one attached hydrogen (secondary N) is 1. The Balaban J connectivity index is 1.55. The van der Waals surface area contributed by atoms with Crippen molar-refractivity contribution in [1.29, 1.82) is 0 Å². The van der Waals surface area contributed by atoms with Gasteiger partial charge >= 0.3 is 0 Å². The molecule has 184 valence electrons. The monoisotopic (exact) mass is 481 g/mol. The van der Waals surface area contributed by atoms with Crippen LogP contribution in [-0.2, 0) is 15.7 Å². The Morgan fingerprint density at radius 1 is 1.15 bits per heavy atom. The number of anilines is 1. The highest BCUT2D eigenvalue weighted by Gasteiger charge is 2.48. The molecular weight excluding hydrogens is 442 g/mol. The molecule has 1 aliphatic rings. The number of hydrogen-bond donors (Lipinski definition) is 2. The lowest BCUT2D eigenvalue weighted by atomic mass is 10.2. The molecule has 0 radical (unpaired) electrons. The lowest BCUT2D eigenvalue weighted by molar-refractivity contribution is -0.0410. The highest BCUT2D eigenvalue weighted by atomic mass is 28.4. The van der Waals surface area contributed by atoms with E-state index >= 15 is 0 Å². The van der Waals surface area contributed by atoms with Gasteiger partial charge in [-0.15, -0.1) is 0 Å². The summed E-state index contributed by atoms with van der Waals surface area (Å²) < 4.78 is 15.5. The predicted molar refractivity (Wildman–Crippen MR) is 140 cm³/mol. The van der Waals surface area contributed by atoms with Gasteiger partial charge in [-0.25, -0.2) is 4.98 Å². The summed E-state index contributed by atoms with van der Waals surface area (Å²) in [6.07, 6.45) is 4.04. The maximum Gasteiger partial charge on any atom is 0.198 e. The van der Waals surface area contributed by atoms with Gasteiger partial charge < -0.3 is 24.2 Å². The predicted octanol–water partition coefficient (Wildman–Crippen LogP) is 6.10. The molecule has 2 aromatic heterocycles. The van der Waals surface area contributed by atoms with Gasteiger partial charge in [0.15, 0.2) is 8.32 Å². The second-order valence-electron chi connectivity index (χ2n) is 10.3. The second-order valence-corrected chi connectivity index (χ2v) is 15.4. The first kappa shape index (κ1) is 24.9. The summed E-state index contributed by atoms with van der Waals surface area (Å²) in [5, 5.41) is 14.8. The minimum Gasteiger partial charge on any atom is -0.410 e. The van der Waals surface area contributed by atoms with Gasteiger partial charge in [0.2, 0.25) is 0 Å². The van der Waals surface area contributed by atoms with Crippen LogP contribution in [0.4, 0.5) is 5.82 Å². The average molecular weight is 482 g/mol. The van der Waals surface area contributed by atoms with Crippen LogP contribution in [0.5, 0.6) is 0 Å². The van der Waals surface area contributed by atoms with Crippen LogP contribution in [0.3, 0.4) is 0 Å². The van der Waals surface area contributed by atoms with Gasteiger partial charge in [-0.05, 0) is 34.8 Å². The lowest BCUT2D eigenvalue weighted by Gasteiger charge is -2.43. The molecular formula is C27H39N3O3Si. The Morgan fingerprint density at radius 2 is 1.88 bits per heavy atom. The molecule has 0 spiro atoms. The van der Waals surface area contributed by atoms with Crippen molar-refractivity contribution in [3.05, 3.63) is 60.4 Å². The number of aliphatic hydroxyl groups is 1. The zero-order valence-corrected chi connectivity index (χ0v) is 22.1. The van der Waals surface area contributed by atoms with Crippen LogP contribution in [-0.4, -0.2) is 41.8 Å². The van der Waals surface area contributed by atoms with Gasteiger partial charge in [0.25, 0.3) is 0 Å². The largest absolute Gasteiger partial charge is 0.410 e. The fourth-order valence-electron chi connectivity index (χ4n) is 5.36. The molecule has 1 fully saturated rings. The molecule has 0 saturated carbocycles. The third kappa shape index (κ3) is 4.80. The van der Waals surface area contributed by atoms with Crippen molar-refractivity contribution in [3.8, 4) is 0 Å². The molecule has 2 N–H and O–H groups in total. The van der Waals surface area contributed by atoms with E-state index in [0.717, 1.165) is 35.2 Å². The molecule has 1 aliphatic heterocycles. The van der Waals surface area contributed by atoms with Gasteiger partial charge in [-0.2, -0.15) is 0 Å². The number of aliphatic hydroxyl groups excluding tert-OH is 1. The van der Waals surface area contributed by atoms with Gasteiger partial charge in [0.05, 0.1) is 18.2 Å². The molecule has 0 unspecified atom stereocenters. The Kier molecular flexibility index (Phi) is 7.47. The van der Waals surface area contributed by atoms with Gasteiger partial charge in [0.1, 0.15) is 18.1 Å². The number of nitrogens with zero attached hydrogens (tertiary/aromatic N) is 2. The molecule has 4 rings (SSSR count). The van der Waals surface area contributed by atoms with E-state index in [1.807, 2.05) is 30.5 Å². The van der Waals surface area contributed by atoms with Crippen LogP contribution in [0.15, 0.2) is 54.9 Å². The van der Waals surface area contributed by atoms with E-state index in [9.17, 15) is 5.11 Å². The zero-order valence-electron chi connectivity index (χ0n) is 21.1. The van der Waals surface area contributed by atoms with E-state index < -0.39 is 8.32 Å². The van der Waals surface area contributed by atoms with E-state index in [4.69, 9.17) is 9.16 Å². The summed E-state index contributed by atoms with van der Waals surface area (Å²) in [6, 6.07) is 16.6. The summed E-state index contributed by atoms with van der Waals surface area (Å²) in [6.45, 7) is 12.1. The molecule has 7 heteroatoms. The van der Waals surface area contributed by atoms with E-state index in [1.165, 1.54) is 5.56 Å². The van der Waals surface area contributed by atoms with Crippen molar-refractivity contribution >= 4 is 25.0 Å². The normalized spacial score (nSPS) is 21.3. The maximum atomic E-state index is 10.1. The number of ether oxygens (including phenoxy) is 1. The summed E-state index contributed by atoms with van der Waals surface area (Å²) in [5.74, 6) is 0.862. The highest BCUT2D eigenvalue weighted by Crippen LogP contribution is 2.45. The first-order valence-corrected chi connectivity index (χ1v) is 14.8. The molecule has 0 aliphatic carbocycles. The van der Waals surface area contributed by atoms with Crippen molar-refractivity contribution in [2.45, 2.75) is 83.1 Å². The standard InChI is InChI=1S/C27H39N3O3Si/c1-6-34(7-2,27(3,4)5)33-23-17-25(32-24(23)19-31)30-16-14-21-22(30)13-15-28-26(21)29-18-20-11-9-8-10-12-20/h8-16,23-25,31H,6-7,17-19H2,1-5H3,(H,28,29)/t23-,24+,25+/m0/s1. The number of fused-ring (bicyclic) bond motifs is 1. The first-order chi connectivity index (χ1) is 16.3. The van der Waals surface area contributed by atoms with Crippen molar-refractivity contribution < 1.29 is 14.3 Å². The van der Waals surface area contributed by atoms with Crippen molar-refractivity contribution in [3.63, 3.8) is 0 Å². The Morgan fingerprint density at radius 3 is 2.53 bits per heavy atom. The third-order valence-corrected chi connectivity index (χ3v) is 13.3. The number of aromatic nitrogens is 2. The van der Waals surface area contributed by atoms with Crippen LogP contribution in [0.2, 0.25) is 17.1 Å². The molecule has 3 atom stereocenters. The molecule has 0 amide bonds. The smallest absolute Gasteiger partial charge is 0.198 e. The fourth-order valence-corrected chi connectivity index (χ4v) is 9.50. The van der Waals surface area contributed by atoms with Crippen LogP contribution in [0.25, 0.3) is 10.9 Å². The number of benzene rings is 1. The molecule has 0 bridgehead atoms. The molecule has 3 heterocycles. The molecule has 34 heavy (non-hydrogen) atoms. The van der Waals surface area contributed by atoms with E-state index in [-0.39, 0.29) is 30.1 Å². The molecule has 3 aromatic rings. The number of pyridine rings is 1. The summed E-state index contributed by atoms with van der Waals surface area (Å²) in [4.78, 5) is 4.58. The van der Waals surface area contributed by atoms with Crippen molar-refractivity contribution in [1.82, 2.24) is 9.55 Å². The van der Waals surface area contributed by atoms with E-state index in [2.05, 4.69) is 73.9 Å². The molecule has 1 aromatic carbocycles. The quantitative estimate of drug-likeness (QED) is 0.362. The fraction of sp³-hybridized carbons (Fsp3) is 0.519. The Hall–Kier alpha value is -2.19. The topological polar surface area (TPSA) is 68.5 Å². The first-order valence-electron chi connectivity index (χ1n) is 12.5. The minimum absolute atomic E-state index is 0.0339. The summed E-state index contributed by atoms with van der Waals surface area (Å²) in [5.41, 5.74) is 2.28. The average Bonchev–Trinajstić information content (AvgIpc) is 3.45. The highest BCUT2D eigenvalue weighted by molar-refractivity contribution is 6.76. The van der Waals surface area contributed by atoms with Gasteiger partial charge in [-0.3, -0.25) is 0 Å². The van der Waals surface area contributed by atoms with E-state index in [1.54, 1.807) is 0 Å². The van der Waals surface area contributed by atoms with E-state index in [0.29, 0.717) is 6.54 Å². The van der Waals surface area contributed by atoms with Crippen LogP contribution >= 0.6 is 0 Å². The summed E-state index contributed by atoms with van der Waals surface area (Å²) >= 11 is 0. The SMILES string of the molecule is CC[Si](CC)(O[C@H]1C[C@H](n2ccc3c(NCc4ccccc4)nccc32)O[C@@H]1CO)C(C)(C)C. The Labute approximate surface area is 204 Å². The zero-order chi connectivity index (χ0) is 24.3. The van der Waals surface area contributed by atoms with Crippen LogP contribution in [0.1, 0.15) is 52.8 Å². The Bertz CT molecular complexity index is 1080. The summed E-state index contributed by atoms with van der Waals surface area (Å²) in [7, 11) is -2.01. The molecule has 1 saturated heterocycles. The van der Waals surface area contributed by atoms with Crippen molar-refractivity contribution in [2.24, 2.45) is 0 Å². The van der Waals surface area contributed by atoms with Gasteiger partial charge in [-0.1, -0.05) is 65.0 Å². The van der Waals surface area contributed by atoms with Crippen LogP contribution < -0.4 is 5.32 Å². The third-order valence-electron chi connectivity index (χ3n) is 7.51. The lowest BCUT2D eigenvalue weighted by Crippen LogP contribution is -2.50. The van der Waals surface area contributed by atoms with Crippen LogP contribution in [0, 0.1) is 0 Å². The van der Waals surface area contributed by atoms with Gasteiger partial charge in [0, 0.05) is 30.7 Å². The minimum atomic E-state index is -2.01. The molecule has 6 nitrogen and oxygen atoms in total.